The zero-order chi connectivity index (χ0) is 15.8. The highest BCUT2D eigenvalue weighted by atomic mass is 16.6. The number of rotatable bonds is 7. The Bertz CT molecular complexity index is 444. The topological polar surface area (TPSA) is 68.7 Å². The van der Waals surface area contributed by atoms with Gasteiger partial charge in [0, 0.05) is 12.4 Å². The van der Waals surface area contributed by atoms with Crippen LogP contribution < -0.4 is 0 Å². The normalized spacial score (nSPS) is 12.3. The van der Waals surface area contributed by atoms with E-state index in [0.717, 1.165) is 5.56 Å². The van der Waals surface area contributed by atoms with E-state index in [9.17, 15) is 9.59 Å². The van der Waals surface area contributed by atoms with E-state index < -0.39 is 23.9 Å². The lowest BCUT2D eigenvalue weighted by atomic mass is 9.93. The molecule has 1 unspecified atom stereocenters. The van der Waals surface area contributed by atoms with Crippen LogP contribution in [0, 0.1) is 5.92 Å². The molecule has 1 aromatic rings. The molecule has 1 atom stereocenters. The van der Waals surface area contributed by atoms with Gasteiger partial charge >= 0.3 is 11.9 Å². The summed E-state index contributed by atoms with van der Waals surface area (Å²) >= 11 is 0. The van der Waals surface area contributed by atoms with Crippen molar-refractivity contribution >= 4 is 11.9 Å². The fourth-order valence-electron chi connectivity index (χ4n) is 2.16. The lowest BCUT2D eigenvalue weighted by Crippen LogP contribution is -2.39. The summed E-state index contributed by atoms with van der Waals surface area (Å²) < 4.78 is 10.1. The average Bonchev–Trinajstić information content (AvgIpc) is 2.45. The number of ether oxygens (including phenoxy) is 2. The summed E-state index contributed by atoms with van der Waals surface area (Å²) in [6.45, 7) is 3.83. The first-order valence-corrected chi connectivity index (χ1v) is 6.92. The summed E-state index contributed by atoms with van der Waals surface area (Å²) in [7, 11) is 3.59. The third-order valence-corrected chi connectivity index (χ3v) is 2.98. The Morgan fingerprint density at radius 3 is 2.14 bits per heavy atom. The molecule has 0 N–H and O–H groups in total. The smallest absolute Gasteiger partial charge is 0.322 e. The van der Waals surface area contributed by atoms with Gasteiger partial charge in [-0.2, -0.15) is 0 Å². The largest absolute Gasteiger partial charge is 0.465 e. The Balaban J connectivity index is 3.18. The summed E-state index contributed by atoms with van der Waals surface area (Å²) in [5.74, 6) is -2.21. The molecule has 0 fully saturated rings. The number of nitrogens with zero attached hydrogens (tertiary/aromatic N) is 2. The second kappa shape index (κ2) is 8.36. The Labute approximate surface area is 125 Å². The van der Waals surface area contributed by atoms with E-state index in [-0.39, 0.29) is 13.2 Å². The van der Waals surface area contributed by atoms with Crippen LogP contribution in [-0.4, -0.2) is 49.1 Å². The second-order valence-electron chi connectivity index (χ2n) is 4.68. The number of carbonyl (C=O) groups is 2. The second-order valence-corrected chi connectivity index (χ2v) is 4.68. The Morgan fingerprint density at radius 1 is 1.19 bits per heavy atom. The molecule has 0 amide bonds. The lowest BCUT2D eigenvalue weighted by Gasteiger charge is -2.29. The Kier molecular flexibility index (Phi) is 6.81. The van der Waals surface area contributed by atoms with Gasteiger partial charge in [-0.05, 0) is 39.6 Å². The molecule has 0 aliphatic carbocycles. The van der Waals surface area contributed by atoms with Crippen LogP contribution in [0.5, 0.6) is 0 Å². The fourth-order valence-corrected chi connectivity index (χ4v) is 2.16. The van der Waals surface area contributed by atoms with E-state index in [1.807, 2.05) is 6.07 Å². The highest BCUT2D eigenvalue weighted by molar-refractivity contribution is 5.96. The Morgan fingerprint density at radius 2 is 1.76 bits per heavy atom. The van der Waals surface area contributed by atoms with Gasteiger partial charge < -0.3 is 14.4 Å². The first-order chi connectivity index (χ1) is 10.0. The number of hydrogen-bond donors (Lipinski definition) is 0. The van der Waals surface area contributed by atoms with Crippen LogP contribution in [0.3, 0.4) is 0 Å². The molecule has 6 heteroatoms. The molecule has 0 aliphatic heterocycles. The number of pyridine rings is 1. The van der Waals surface area contributed by atoms with Crippen molar-refractivity contribution in [2.45, 2.75) is 19.9 Å². The highest BCUT2D eigenvalue weighted by Gasteiger charge is 2.39. The van der Waals surface area contributed by atoms with Crippen molar-refractivity contribution < 1.29 is 19.1 Å². The maximum atomic E-state index is 12.2. The molecule has 1 heterocycles. The predicted octanol–water partition coefficient (Wildman–Crippen LogP) is 1.43. The minimum Gasteiger partial charge on any atom is -0.465 e. The molecule has 1 rings (SSSR count). The maximum Gasteiger partial charge on any atom is 0.322 e. The van der Waals surface area contributed by atoms with Crippen molar-refractivity contribution in [2.24, 2.45) is 5.92 Å². The van der Waals surface area contributed by atoms with Crippen LogP contribution in [0.15, 0.2) is 24.5 Å². The van der Waals surface area contributed by atoms with Crippen molar-refractivity contribution in [3.05, 3.63) is 30.1 Å². The standard InChI is InChI=1S/C15H22N2O4/c1-5-20-14(18)12(15(19)21-6-2)13(17(3)4)11-8-7-9-16-10-11/h7-10,12-13H,5-6H2,1-4H3. The van der Waals surface area contributed by atoms with Gasteiger partial charge in [0.25, 0.3) is 0 Å². The van der Waals surface area contributed by atoms with E-state index in [2.05, 4.69) is 4.98 Å². The van der Waals surface area contributed by atoms with E-state index in [4.69, 9.17) is 9.47 Å². The molecule has 0 radical (unpaired) electrons. The zero-order valence-electron chi connectivity index (χ0n) is 12.9. The molecule has 0 aromatic carbocycles. The molecule has 0 aliphatic rings. The number of hydrogen-bond acceptors (Lipinski definition) is 6. The first kappa shape index (κ1) is 17.1. The van der Waals surface area contributed by atoms with E-state index >= 15 is 0 Å². The van der Waals surface area contributed by atoms with Crippen molar-refractivity contribution in [1.82, 2.24) is 9.88 Å². The molecule has 21 heavy (non-hydrogen) atoms. The molecular formula is C15H22N2O4. The summed E-state index contributed by atoms with van der Waals surface area (Å²) in [6.07, 6.45) is 3.27. The monoisotopic (exact) mass is 294 g/mol. The van der Waals surface area contributed by atoms with Crippen LogP contribution in [0.2, 0.25) is 0 Å². The maximum absolute atomic E-state index is 12.2. The van der Waals surface area contributed by atoms with Crippen LogP contribution in [0.4, 0.5) is 0 Å². The molecular weight excluding hydrogens is 272 g/mol. The lowest BCUT2D eigenvalue weighted by molar-refractivity contribution is -0.165. The summed E-state index contributed by atoms with van der Waals surface area (Å²) in [5, 5.41) is 0. The summed E-state index contributed by atoms with van der Waals surface area (Å²) in [4.78, 5) is 30.3. The van der Waals surface area contributed by atoms with E-state index in [1.165, 1.54) is 0 Å². The van der Waals surface area contributed by atoms with Crippen molar-refractivity contribution in [2.75, 3.05) is 27.3 Å². The molecule has 0 spiro atoms. The molecule has 0 bridgehead atoms. The molecule has 1 aromatic heterocycles. The van der Waals surface area contributed by atoms with E-state index in [1.54, 1.807) is 51.3 Å². The van der Waals surface area contributed by atoms with Gasteiger partial charge in [-0.3, -0.25) is 14.6 Å². The van der Waals surface area contributed by atoms with Gasteiger partial charge in [-0.1, -0.05) is 6.07 Å². The average molecular weight is 294 g/mol. The zero-order valence-corrected chi connectivity index (χ0v) is 12.9. The van der Waals surface area contributed by atoms with Crippen molar-refractivity contribution in [1.29, 1.82) is 0 Å². The molecule has 116 valence electrons. The quantitative estimate of drug-likeness (QED) is 0.560. The van der Waals surface area contributed by atoms with E-state index in [0.29, 0.717) is 0 Å². The molecule has 0 saturated carbocycles. The molecule has 6 nitrogen and oxygen atoms in total. The summed E-state index contributed by atoms with van der Waals surface area (Å²) in [6, 6.07) is 3.10. The minimum atomic E-state index is -1.04. The van der Waals surface area contributed by atoms with Crippen molar-refractivity contribution in [3.8, 4) is 0 Å². The van der Waals surface area contributed by atoms with Crippen LogP contribution >= 0.6 is 0 Å². The molecule has 0 saturated heterocycles. The minimum absolute atomic E-state index is 0.210. The van der Waals surface area contributed by atoms with Crippen LogP contribution in [0.1, 0.15) is 25.5 Å². The van der Waals surface area contributed by atoms with Crippen molar-refractivity contribution in [3.63, 3.8) is 0 Å². The van der Waals surface area contributed by atoms with Crippen LogP contribution in [-0.2, 0) is 19.1 Å². The van der Waals surface area contributed by atoms with Crippen LogP contribution in [0.25, 0.3) is 0 Å². The SMILES string of the molecule is CCOC(=O)C(C(=O)OCC)C(c1cccnc1)N(C)C. The summed E-state index contributed by atoms with van der Waals surface area (Å²) in [5.41, 5.74) is 0.758. The Hall–Kier alpha value is -1.95. The number of aromatic nitrogens is 1. The highest BCUT2D eigenvalue weighted by Crippen LogP contribution is 2.28. The number of esters is 2. The van der Waals surface area contributed by atoms with Gasteiger partial charge in [-0.15, -0.1) is 0 Å². The fraction of sp³-hybridized carbons (Fsp3) is 0.533. The van der Waals surface area contributed by atoms with Gasteiger partial charge in [0.05, 0.1) is 19.3 Å². The van der Waals surface area contributed by atoms with Gasteiger partial charge in [0.15, 0.2) is 5.92 Å². The number of carbonyl (C=O) groups excluding carboxylic acids is 2. The third-order valence-electron chi connectivity index (χ3n) is 2.98. The van der Waals surface area contributed by atoms with Gasteiger partial charge in [0.2, 0.25) is 0 Å². The third kappa shape index (κ3) is 4.53. The first-order valence-electron chi connectivity index (χ1n) is 6.92. The van der Waals surface area contributed by atoms with Gasteiger partial charge in [0.1, 0.15) is 0 Å². The van der Waals surface area contributed by atoms with Gasteiger partial charge in [-0.25, -0.2) is 0 Å². The predicted molar refractivity (Wildman–Crippen MR) is 77.4 cm³/mol.